The molecule has 0 saturated heterocycles. The molecule has 0 fully saturated rings. The molecule has 1 aromatic heterocycles. The number of hydrogen-bond acceptors (Lipinski definition) is 1. The van der Waals surface area contributed by atoms with Crippen LogP contribution in [0.2, 0.25) is 0 Å². The van der Waals surface area contributed by atoms with Gasteiger partial charge in [0.2, 0.25) is 0 Å². The van der Waals surface area contributed by atoms with E-state index in [0.29, 0.717) is 11.1 Å². The van der Waals surface area contributed by atoms with Crippen molar-refractivity contribution in [1.29, 1.82) is 0 Å². The van der Waals surface area contributed by atoms with E-state index in [1.807, 2.05) is 0 Å². The number of rotatable bonds is 0. The van der Waals surface area contributed by atoms with Crippen LogP contribution in [0.4, 0.5) is 18.9 Å². The van der Waals surface area contributed by atoms with E-state index in [0.717, 1.165) is 6.20 Å². The summed E-state index contributed by atoms with van der Waals surface area (Å²) in [6, 6.07) is 5.71. The molecule has 2 rings (SSSR count). The number of aromatic nitrogens is 1. The molecule has 0 amide bonds. The molecule has 0 aliphatic rings. The van der Waals surface area contributed by atoms with Gasteiger partial charge in [-0.1, -0.05) is 0 Å². The highest BCUT2D eigenvalue weighted by atomic mass is 19.4. The average Bonchev–Trinajstić information content (AvgIpc) is 2.45. The molecule has 2 N–H and O–H groups in total. The molecule has 0 spiro atoms. The fourth-order valence-electron chi connectivity index (χ4n) is 1.38. The van der Waals surface area contributed by atoms with Crippen LogP contribution in [-0.2, 0) is 6.30 Å². The Hall–Kier alpha value is -1.65. The molecule has 2 nitrogen and oxygen atoms in total. The van der Waals surface area contributed by atoms with Gasteiger partial charge in [0, 0.05) is 17.3 Å². The summed E-state index contributed by atoms with van der Waals surface area (Å²) in [5.41, 5.74) is 6.02. The zero-order valence-corrected chi connectivity index (χ0v) is 7.05. The lowest BCUT2D eigenvalue weighted by molar-refractivity contribution is -0.200. The molecular weight excluding hydrogens is 193 g/mol. The second kappa shape index (κ2) is 2.67. The molecule has 74 valence electrons. The van der Waals surface area contributed by atoms with Crippen molar-refractivity contribution in [2.24, 2.45) is 0 Å². The van der Waals surface area contributed by atoms with Crippen LogP contribution in [-0.4, -0.2) is 4.57 Å². The summed E-state index contributed by atoms with van der Waals surface area (Å²) in [7, 11) is 0. The van der Waals surface area contributed by atoms with Crippen molar-refractivity contribution in [3.8, 4) is 0 Å². The summed E-state index contributed by atoms with van der Waals surface area (Å²) in [6.07, 6.45) is -3.39. The molecule has 0 aliphatic heterocycles. The Morgan fingerprint density at radius 1 is 1.14 bits per heavy atom. The zero-order chi connectivity index (χ0) is 10.3. The average molecular weight is 200 g/mol. The zero-order valence-electron chi connectivity index (χ0n) is 7.05. The Bertz CT molecular complexity index is 470. The minimum absolute atomic E-state index is 0.117. The lowest BCUT2D eigenvalue weighted by atomic mass is 10.2. The number of anilines is 1. The van der Waals surface area contributed by atoms with Crippen molar-refractivity contribution < 1.29 is 13.2 Å². The predicted octanol–water partition coefficient (Wildman–Crippen LogP) is 2.70. The van der Waals surface area contributed by atoms with E-state index in [1.165, 1.54) is 24.3 Å². The number of halogens is 3. The summed E-state index contributed by atoms with van der Waals surface area (Å²) in [6.45, 7) is 0. The lowest BCUT2D eigenvalue weighted by Crippen LogP contribution is -2.14. The number of nitrogens with zero attached hydrogens (tertiary/aromatic N) is 1. The Morgan fingerprint density at radius 3 is 2.50 bits per heavy atom. The van der Waals surface area contributed by atoms with Crippen LogP contribution in [0.25, 0.3) is 10.9 Å². The SMILES string of the molecule is Nc1ccc2c(ccn2C(F)(F)F)c1. The number of nitrogens with two attached hydrogens (primary N) is 1. The third kappa shape index (κ3) is 1.30. The Balaban J connectivity index is 2.70. The number of alkyl halides is 3. The minimum Gasteiger partial charge on any atom is -0.399 e. The molecule has 14 heavy (non-hydrogen) atoms. The van der Waals surface area contributed by atoms with Gasteiger partial charge < -0.3 is 5.73 Å². The van der Waals surface area contributed by atoms with Gasteiger partial charge in [0.05, 0.1) is 5.52 Å². The maximum atomic E-state index is 12.4. The van der Waals surface area contributed by atoms with Gasteiger partial charge >= 0.3 is 6.30 Å². The van der Waals surface area contributed by atoms with E-state index in [9.17, 15) is 13.2 Å². The van der Waals surface area contributed by atoms with E-state index in [4.69, 9.17) is 5.73 Å². The molecule has 0 aliphatic carbocycles. The number of benzene rings is 1. The van der Waals surface area contributed by atoms with E-state index < -0.39 is 6.30 Å². The van der Waals surface area contributed by atoms with Gasteiger partial charge in [0.15, 0.2) is 0 Å². The third-order valence-electron chi connectivity index (χ3n) is 1.99. The highest BCUT2D eigenvalue weighted by molar-refractivity contribution is 5.83. The second-order valence-electron chi connectivity index (χ2n) is 2.97. The van der Waals surface area contributed by atoms with Crippen molar-refractivity contribution in [2.75, 3.05) is 5.73 Å². The van der Waals surface area contributed by atoms with Gasteiger partial charge in [-0.05, 0) is 24.3 Å². The second-order valence-corrected chi connectivity index (χ2v) is 2.97. The van der Waals surface area contributed by atoms with Gasteiger partial charge in [-0.3, -0.25) is 4.57 Å². The van der Waals surface area contributed by atoms with E-state index >= 15 is 0 Å². The molecule has 0 saturated carbocycles. The summed E-state index contributed by atoms with van der Waals surface area (Å²) < 4.78 is 37.4. The first-order chi connectivity index (χ1) is 6.48. The van der Waals surface area contributed by atoms with Crippen LogP contribution in [0.3, 0.4) is 0 Å². The fraction of sp³-hybridized carbons (Fsp3) is 0.111. The number of nitrogen functional groups attached to an aromatic ring is 1. The first-order valence-electron chi connectivity index (χ1n) is 3.92. The van der Waals surface area contributed by atoms with Crippen molar-refractivity contribution in [2.45, 2.75) is 6.30 Å². The summed E-state index contributed by atoms with van der Waals surface area (Å²) >= 11 is 0. The van der Waals surface area contributed by atoms with Crippen LogP contribution in [0, 0.1) is 0 Å². The monoisotopic (exact) mass is 200 g/mol. The highest BCUT2D eigenvalue weighted by Gasteiger charge is 2.31. The molecule has 0 atom stereocenters. The highest BCUT2D eigenvalue weighted by Crippen LogP contribution is 2.29. The van der Waals surface area contributed by atoms with Gasteiger partial charge in [-0.15, -0.1) is 13.2 Å². The van der Waals surface area contributed by atoms with E-state index in [2.05, 4.69) is 0 Å². The molecular formula is C9H7F3N2. The Morgan fingerprint density at radius 2 is 1.86 bits per heavy atom. The maximum Gasteiger partial charge on any atom is 0.488 e. The molecule has 0 bridgehead atoms. The van der Waals surface area contributed by atoms with Gasteiger partial charge in [0.1, 0.15) is 0 Å². The number of fused-ring (bicyclic) bond motifs is 1. The molecule has 5 heteroatoms. The first kappa shape index (κ1) is 8.93. The molecule has 2 aromatic rings. The van der Waals surface area contributed by atoms with E-state index in [1.54, 1.807) is 0 Å². The first-order valence-corrected chi connectivity index (χ1v) is 3.92. The molecule has 0 radical (unpaired) electrons. The van der Waals surface area contributed by atoms with Crippen LogP contribution in [0.5, 0.6) is 0 Å². The van der Waals surface area contributed by atoms with Gasteiger partial charge in [0.25, 0.3) is 0 Å². The van der Waals surface area contributed by atoms with E-state index in [-0.39, 0.29) is 10.1 Å². The van der Waals surface area contributed by atoms with Crippen LogP contribution in [0.15, 0.2) is 30.5 Å². The van der Waals surface area contributed by atoms with Crippen LogP contribution in [0.1, 0.15) is 0 Å². The Labute approximate surface area is 77.7 Å². The van der Waals surface area contributed by atoms with Crippen molar-refractivity contribution in [1.82, 2.24) is 4.57 Å². The summed E-state index contributed by atoms with van der Waals surface area (Å²) in [5, 5.41) is 0.488. The fourth-order valence-corrected chi connectivity index (χ4v) is 1.38. The Kier molecular flexibility index (Phi) is 1.70. The van der Waals surface area contributed by atoms with Crippen molar-refractivity contribution in [3.05, 3.63) is 30.5 Å². The van der Waals surface area contributed by atoms with Crippen molar-refractivity contribution >= 4 is 16.6 Å². The standard InChI is InChI=1S/C9H7F3N2/c10-9(11,12)14-4-3-6-5-7(13)1-2-8(6)14/h1-5H,13H2. The van der Waals surface area contributed by atoms with Crippen molar-refractivity contribution in [3.63, 3.8) is 0 Å². The molecule has 1 heterocycles. The topological polar surface area (TPSA) is 30.9 Å². The van der Waals surface area contributed by atoms with Crippen LogP contribution >= 0.6 is 0 Å². The van der Waals surface area contributed by atoms with Crippen LogP contribution < -0.4 is 5.73 Å². The molecule has 1 aromatic carbocycles. The summed E-state index contributed by atoms with van der Waals surface area (Å²) in [4.78, 5) is 0. The normalized spacial score (nSPS) is 12.2. The maximum absolute atomic E-state index is 12.4. The lowest BCUT2D eigenvalue weighted by Gasteiger charge is -2.08. The number of hydrogen-bond donors (Lipinski definition) is 1. The predicted molar refractivity (Wildman–Crippen MR) is 47.6 cm³/mol. The van der Waals surface area contributed by atoms with Gasteiger partial charge in [-0.25, -0.2) is 0 Å². The minimum atomic E-state index is -4.38. The van der Waals surface area contributed by atoms with Gasteiger partial charge in [-0.2, -0.15) is 0 Å². The largest absolute Gasteiger partial charge is 0.488 e. The third-order valence-corrected chi connectivity index (χ3v) is 1.99. The molecule has 0 unspecified atom stereocenters. The quantitative estimate of drug-likeness (QED) is 0.651. The smallest absolute Gasteiger partial charge is 0.399 e. The summed E-state index contributed by atoms with van der Waals surface area (Å²) in [5.74, 6) is 0.